The maximum absolute atomic E-state index is 13.1. The molecule has 0 bridgehead atoms. The Labute approximate surface area is 87.9 Å². The van der Waals surface area contributed by atoms with Crippen LogP contribution in [0.2, 0.25) is 0 Å². The summed E-state index contributed by atoms with van der Waals surface area (Å²) < 4.78 is 25.9. The molecule has 0 fully saturated rings. The molecule has 2 nitrogen and oxygen atoms in total. The van der Waals surface area contributed by atoms with Crippen molar-refractivity contribution >= 4 is 0 Å². The first-order valence-corrected chi connectivity index (χ1v) is 4.93. The van der Waals surface area contributed by atoms with E-state index in [1.807, 2.05) is 0 Å². The van der Waals surface area contributed by atoms with E-state index in [2.05, 4.69) is 5.32 Å². The molecule has 1 rings (SSSR count). The van der Waals surface area contributed by atoms with E-state index in [-0.39, 0.29) is 12.6 Å². The summed E-state index contributed by atoms with van der Waals surface area (Å²) in [5, 5.41) is 11.9. The third kappa shape index (κ3) is 3.93. The Morgan fingerprint density at radius 3 is 2.80 bits per heavy atom. The van der Waals surface area contributed by atoms with Crippen molar-refractivity contribution in [3.05, 3.63) is 35.4 Å². The lowest BCUT2D eigenvalue weighted by Gasteiger charge is -2.07. The van der Waals surface area contributed by atoms with Crippen molar-refractivity contribution in [2.45, 2.75) is 26.0 Å². The number of aliphatic hydroxyl groups is 1. The Bertz CT molecular complexity index is 315. The van der Waals surface area contributed by atoms with Gasteiger partial charge in [0.15, 0.2) is 11.6 Å². The highest BCUT2D eigenvalue weighted by Gasteiger charge is 2.06. The second-order valence-electron chi connectivity index (χ2n) is 3.53. The van der Waals surface area contributed by atoms with Crippen LogP contribution in [0.4, 0.5) is 8.78 Å². The fraction of sp³-hybridized carbons (Fsp3) is 0.455. The Hall–Kier alpha value is -1.00. The molecule has 0 aromatic heterocycles. The van der Waals surface area contributed by atoms with Crippen LogP contribution in [0.15, 0.2) is 18.2 Å². The van der Waals surface area contributed by atoms with Crippen LogP contribution in [0, 0.1) is 11.6 Å². The number of hydrogen-bond donors (Lipinski definition) is 2. The second kappa shape index (κ2) is 5.78. The molecule has 1 aromatic carbocycles. The zero-order valence-electron chi connectivity index (χ0n) is 8.63. The monoisotopic (exact) mass is 215 g/mol. The van der Waals surface area contributed by atoms with Gasteiger partial charge in [0, 0.05) is 12.1 Å². The minimum absolute atomic E-state index is 0.274. The van der Waals surface area contributed by atoms with E-state index in [0.717, 1.165) is 6.07 Å². The number of halogens is 2. The molecule has 1 aromatic rings. The van der Waals surface area contributed by atoms with Gasteiger partial charge in [-0.25, -0.2) is 8.78 Å². The van der Waals surface area contributed by atoms with Gasteiger partial charge in [-0.05, 0) is 26.0 Å². The fourth-order valence-electron chi connectivity index (χ4n) is 1.22. The van der Waals surface area contributed by atoms with Gasteiger partial charge in [-0.3, -0.25) is 0 Å². The quantitative estimate of drug-likeness (QED) is 0.734. The van der Waals surface area contributed by atoms with E-state index < -0.39 is 11.6 Å². The van der Waals surface area contributed by atoms with E-state index >= 15 is 0 Å². The van der Waals surface area contributed by atoms with E-state index in [4.69, 9.17) is 5.11 Å². The van der Waals surface area contributed by atoms with Crippen molar-refractivity contribution in [2.24, 2.45) is 0 Å². The molecule has 0 unspecified atom stereocenters. The summed E-state index contributed by atoms with van der Waals surface area (Å²) in [6.07, 6.45) is 0.214. The van der Waals surface area contributed by atoms with Gasteiger partial charge in [-0.15, -0.1) is 0 Å². The molecule has 0 amide bonds. The second-order valence-corrected chi connectivity index (χ2v) is 3.53. The first-order chi connectivity index (χ1) is 7.11. The molecular formula is C11H15F2NO. The van der Waals surface area contributed by atoms with Crippen LogP contribution in [0.1, 0.15) is 18.9 Å². The number of benzene rings is 1. The first kappa shape index (κ1) is 12.1. The van der Waals surface area contributed by atoms with Gasteiger partial charge >= 0.3 is 0 Å². The zero-order chi connectivity index (χ0) is 11.3. The summed E-state index contributed by atoms with van der Waals surface area (Å²) in [6.45, 7) is 2.54. The lowest BCUT2D eigenvalue weighted by Crippen LogP contribution is -2.19. The molecule has 84 valence electrons. The fourth-order valence-corrected chi connectivity index (χ4v) is 1.22. The van der Waals surface area contributed by atoms with Gasteiger partial charge in [-0.1, -0.05) is 12.1 Å². The molecule has 0 spiro atoms. The summed E-state index contributed by atoms with van der Waals surface area (Å²) in [5.74, 6) is -1.63. The van der Waals surface area contributed by atoms with Crippen molar-refractivity contribution in [1.82, 2.24) is 5.32 Å². The smallest absolute Gasteiger partial charge is 0.163 e. The maximum Gasteiger partial charge on any atom is 0.163 e. The highest BCUT2D eigenvalue weighted by Crippen LogP contribution is 2.10. The van der Waals surface area contributed by atoms with E-state index in [9.17, 15) is 8.78 Å². The average Bonchev–Trinajstić information content (AvgIpc) is 2.18. The maximum atomic E-state index is 13.1. The molecule has 4 heteroatoms. The molecule has 15 heavy (non-hydrogen) atoms. The normalized spacial score (nSPS) is 12.8. The summed E-state index contributed by atoms with van der Waals surface area (Å²) >= 11 is 0. The topological polar surface area (TPSA) is 32.3 Å². The predicted molar refractivity (Wildman–Crippen MR) is 54.4 cm³/mol. The Morgan fingerprint density at radius 2 is 2.13 bits per heavy atom. The van der Waals surface area contributed by atoms with E-state index in [1.165, 1.54) is 12.1 Å². The van der Waals surface area contributed by atoms with Gasteiger partial charge in [0.2, 0.25) is 0 Å². The van der Waals surface area contributed by atoms with Gasteiger partial charge in [0.25, 0.3) is 0 Å². The molecule has 2 N–H and O–H groups in total. The Balaban J connectivity index is 2.41. The van der Waals surface area contributed by atoms with Crippen molar-refractivity contribution in [3.8, 4) is 0 Å². The highest BCUT2D eigenvalue weighted by molar-refractivity contribution is 5.18. The molecule has 0 radical (unpaired) electrons. The van der Waals surface area contributed by atoms with Crippen LogP contribution in [-0.4, -0.2) is 17.8 Å². The van der Waals surface area contributed by atoms with Gasteiger partial charge in [0.05, 0.1) is 6.10 Å². The molecule has 0 saturated heterocycles. The number of aliphatic hydroxyl groups excluding tert-OH is 1. The molecule has 0 aliphatic carbocycles. The average molecular weight is 215 g/mol. The predicted octanol–water partition coefficient (Wildman–Crippen LogP) is 1.83. The molecule has 0 saturated carbocycles. The molecule has 1 atom stereocenters. The standard InChI is InChI=1S/C11H15F2NO/c1-8(15)5-6-14-7-9-3-2-4-10(12)11(9)13/h2-4,8,14-15H,5-7H2,1H3/t8-/m0/s1. The first-order valence-electron chi connectivity index (χ1n) is 4.93. The Morgan fingerprint density at radius 1 is 1.40 bits per heavy atom. The van der Waals surface area contributed by atoms with Crippen LogP contribution in [0.3, 0.4) is 0 Å². The highest BCUT2D eigenvalue weighted by atomic mass is 19.2. The van der Waals surface area contributed by atoms with Crippen molar-refractivity contribution in [3.63, 3.8) is 0 Å². The summed E-state index contributed by atoms with van der Waals surface area (Å²) in [6, 6.07) is 4.10. The number of rotatable bonds is 5. The van der Waals surface area contributed by atoms with Crippen LogP contribution in [0.5, 0.6) is 0 Å². The van der Waals surface area contributed by atoms with Crippen LogP contribution >= 0.6 is 0 Å². The summed E-state index contributed by atoms with van der Waals surface area (Å²) in [7, 11) is 0. The van der Waals surface area contributed by atoms with E-state index in [1.54, 1.807) is 6.92 Å². The zero-order valence-corrected chi connectivity index (χ0v) is 8.63. The van der Waals surface area contributed by atoms with E-state index in [0.29, 0.717) is 18.5 Å². The SMILES string of the molecule is C[C@H](O)CCNCc1cccc(F)c1F. The van der Waals surface area contributed by atoms with Gasteiger partial charge < -0.3 is 10.4 Å². The molecular weight excluding hydrogens is 200 g/mol. The van der Waals surface area contributed by atoms with Gasteiger partial charge in [-0.2, -0.15) is 0 Å². The molecule has 0 heterocycles. The lowest BCUT2D eigenvalue weighted by molar-refractivity contribution is 0.183. The van der Waals surface area contributed by atoms with Gasteiger partial charge in [0.1, 0.15) is 0 Å². The molecule has 0 aliphatic rings. The minimum Gasteiger partial charge on any atom is -0.393 e. The lowest BCUT2D eigenvalue weighted by atomic mass is 10.2. The number of nitrogens with one attached hydrogen (secondary N) is 1. The third-order valence-corrected chi connectivity index (χ3v) is 2.09. The molecule has 0 aliphatic heterocycles. The number of hydrogen-bond acceptors (Lipinski definition) is 2. The van der Waals surface area contributed by atoms with Crippen LogP contribution in [-0.2, 0) is 6.54 Å². The van der Waals surface area contributed by atoms with Crippen molar-refractivity contribution in [1.29, 1.82) is 0 Å². The summed E-state index contributed by atoms with van der Waals surface area (Å²) in [4.78, 5) is 0. The van der Waals surface area contributed by atoms with Crippen molar-refractivity contribution in [2.75, 3.05) is 6.54 Å². The summed E-state index contributed by atoms with van der Waals surface area (Å²) in [5.41, 5.74) is 0.306. The van der Waals surface area contributed by atoms with Crippen LogP contribution < -0.4 is 5.32 Å². The minimum atomic E-state index is -0.829. The largest absolute Gasteiger partial charge is 0.393 e. The third-order valence-electron chi connectivity index (χ3n) is 2.09. The van der Waals surface area contributed by atoms with Crippen molar-refractivity contribution < 1.29 is 13.9 Å². The van der Waals surface area contributed by atoms with Crippen LogP contribution in [0.25, 0.3) is 0 Å². The Kier molecular flexibility index (Phi) is 4.65.